The maximum Gasteiger partial charge on any atom is 0.262 e. The number of aromatic nitrogens is 2. The Morgan fingerprint density at radius 1 is 1.21 bits per heavy atom. The molecule has 1 aromatic heterocycles. The lowest BCUT2D eigenvalue weighted by Gasteiger charge is -2.23. The van der Waals surface area contributed by atoms with Gasteiger partial charge in [-0.05, 0) is 18.6 Å². The first-order chi connectivity index (χ1) is 9.24. The molecule has 1 N–H and O–H groups in total. The van der Waals surface area contributed by atoms with Crippen molar-refractivity contribution in [3.05, 3.63) is 53.6 Å². The Labute approximate surface area is 110 Å². The molecule has 1 aliphatic rings. The molecule has 0 spiro atoms. The molecule has 2 amide bonds. The van der Waals surface area contributed by atoms with E-state index < -0.39 is 0 Å². The van der Waals surface area contributed by atoms with Crippen LogP contribution in [-0.4, -0.2) is 26.7 Å². The Morgan fingerprint density at radius 3 is 2.32 bits per heavy atom. The molecule has 0 saturated heterocycles. The summed E-state index contributed by atoms with van der Waals surface area (Å²) in [7, 11) is 0. The van der Waals surface area contributed by atoms with Crippen LogP contribution < -0.4 is 0 Å². The lowest BCUT2D eigenvalue weighted by molar-refractivity contribution is 0.0571. The van der Waals surface area contributed by atoms with Crippen LogP contribution in [0, 0.1) is 0 Å². The van der Waals surface area contributed by atoms with Crippen molar-refractivity contribution in [2.45, 2.75) is 19.4 Å². The Kier molecular flexibility index (Phi) is 2.67. The quantitative estimate of drug-likeness (QED) is 0.855. The molecule has 0 bridgehead atoms. The fourth-order valence-corrected chi connectivity index (χ4v) is 2.45. The van der Waals surface area contributed by atoms with Gasteiger partial charge in [0.15, 0.2) is 0 Å². The van der Waals surface area contributed by atoms with Crippen LogP contribution in [0.5, 0.6) is 0 Å². The first-order valence-electron chi connectivity index (χ1n) is 6.20. The third kappa shape index (κ3) is 1.66. The van der Waals surface area contributed by atoms with Crippen molar-refractivity contribution in [3.63, 3.8) is 0 Å². The predicted octanol–water partition coefficient (Wildman–Crippen LogP) is 2.16. The minimum absolute atomic E-state index is 0.246. The molecule has 0 aliphatic carbocycles. The number of imidazole rings is 1. The number of imide groups is 1. The summed E-state index contributed by atoms with van der Waals surface area (Å²) in [5, 5.41) is 0. The smallest absolute Gasteiger partial charge is 0.262 e. The third-order valence-electron chi connectivity index (χ3n) is 3.36. The summed E-state index contributed by atoms with van der Waals surface area (Å²) in [5.74, 6) is 0.143. The van der Waals surface area contributed by atoms with E-state index in [0.29, 0.717) is 23.4 Å². The second-order valence-electron chi connectivity index (χ2n) is 4.42. The highest BCUT2D eigenvalue weighted by Crippen LogP contribution is 2.31. The second kappa shape index (κ2) is 4.35. The van der Waals surface area contributed by atoms with Crippen LogP contribution in [0.25, 0.3) is 0 Å². The van der Waals surface area contributed by atoms with Gasteiger partial charge in [-0.15, -0.1) is 0 Å². The molecule has 1 unspecified atom stereocenters. The average Bonchev–Trinajstić information content (AvgIpc) is 3.04. The van der Waals surface area contributed by atoms with Gasteiger partial charge in [0.05, 0.1) is 17.2 Å². The van der Waals surface area contributed by atoms with Crippen LogP contribution in [0.15, 0.2) is 36.7 Å². The van der Waals surface area contributed by atoms with Crippen molar-refractivity contribution < 1.29 is 9.59 Å². The maximum absolute atomic E-state index is 12.4. The summed E-state index contributed by atoms with van der Waals surface area (Å²) < 4.78 is 0. The fourth-order valence-electron chi connectivity index (χ4n) is 2.45. The molecule has 3 rings (SSSR count). The van der Waals surface area contributed by atoms with E-state index in [1.165, 1.54) is 4.90 Å². The van der Waals surface area contributed by atoms with Crippen LogP contribution in [0.3, 0.4) is 0 Å². The fraction of sp³-hybridized carbons (Fsp3) is 0.214. The Morgan fingerprint density at radius 2 is 1.84 bits per heavy atom. The zero-order valence-corrected chi connectivity index (χ0v) is 10.5. The van der Waals surface area contributed by atoms with Gasteiger partial charge < -0.3 is 4.98 Å². The first kappa shape index (κ1) is 11.6. The van der Waals surface area contributed by atoms with Crippen LogP contribution in [0.4, 0.5) is 0 Å². The zero-order chi connectivity index (χ0) is 13.4. The number of H-pyrrole nitrogens is 1. The van der Waals surface area contributed by atoms with Crippen molar-refractivity contribution in [2.24, 2.45) is 0 Å². The van der Waals surface area contributed by atoms with Gasteiger partial charge in [-0.1, -0.05) is 19.1 Å². The monoisotopic (exact) mass is 255 g/mol. The normalized spacial score (nSPS) is 15.7. The standard InChI is InChI=1S/C14H13N3O2/c1-2-11(12-15-7-8-16-12)17-13(18)9-5-3-4-6-10(9)14(17)19/h3-8,11H,2H2,1H3,(H,15,16). The summed E-state index contributed by atoms with van der Waals surface area (Å²) in [6, 6.07) is 6.56. The highest BCUT2D eigenvalue weighted by atomic mass is 16.2. The molecule has 1 aromatic carbocycles. The third-order valence-corrected chi connectivity index (χ3v) is 3.36. The Hall–Kier alpha value is -2.43. The number of nitrogens with zero attached hydrogens (tertiary/aromatic N) is 2. The number of carbonyl (C=O) groups excluding carboxylic acids is 2. The summed E-state index contributed by atoms with van der Waals surface area (Å²) in [6.07, 6.45) is 3.94. The van der Waals surface area contributed by atoms with E-state index in [4.69, 9.17) is 0 Å². The number of carbonyl (C=O) groups is 2. The van der Waals surface area contributed by atoms with Crippen LogP contribution in [0.1, 0.15) is 45.9 Å². The Balaban J connectivity index is 2.04. The van der Waals surface area contributed by atoms with Gasteiger partial charge in [0.1, 0.15) is 5.82 Å². The lowest BCUT2D eigenvalue weighted by Crippen LogP contribution is -2.34. The molecule has 5 nitrogen and oxygen atoms in total. The summed E-state index contributed by atoms with van der Waals surface area (Å²) in [6.45, 7) is 1.93. The van der Waals surface area contributed by atoms with Crippen molar-refractivity contribution in [3.8, 4) is 0 Å². The summed E-state index contributed by atoms with van der Waals surface area (Å²) in [5.41, 5.74) is 0.940. The van der Waals surface area contributed by atoms with Gasteiger partial charge in [0.2, 0.25) is 0 Å². The minimum Gasteiger partial charge on any atom is -0.347 e. The van der Waals surface area contributed by atoms with Gasteiger partial charge in [0.25, 0.3) is 11.8 Å². The summed E-state index contributed by atoms with van der Waals surface area (Å²) >= 11 is 0. The van der Waals surface area contributed by atoms with Gasteiger partial charge >= 0.3 is 0 Å². The predicted molar refractivity (Wildman–Crippen MR) is 68.6 cm³/mol. The summed E-state index contributed by atoms with van der Waals surface area (Å²) in [4.78, 5) is 33.2. The van der Waals surface area contributed by atoms with Crippen LogP contribution in [-0.2, 0) is 0 Å². The lowest BCUT2D eigenvalue weighted by atomic mass is 10.1. The van der Waals surface area contributed by atoms with Gasteiger partial charge in [0, 0.05) is 12.4 Å². The number of rotatable bonds is 3. The number of benzene rings is 1. The number of hydrogen-bond donors (Lipinski definition) is 1. The van der Waals surface area contributed by atoms with E-state index in [2.05, 4.69) is 9.97 Å². The first-order valence-corrected chi connectivity index (χ1v) is 6.20. The van der Waals surface area contributed by atoms with Gasteiger partial charge in [-0.25, -0.2) is 4.98 Å². The largest absolute Gasteiger partial charge is 0.347 e. The van der Waals surface area contributed by atoms with Crippen LogP contribution >= 0.6 is 0 Å². The second-order valence-corrected chi connectivity index (χ2v) is 4.42. The molecule has 2 heterocycles. The molecule has 5 heteroatoms. The Bertz CT molecular complexity index is 599. The molecular weight excluding hydrogens is 242 g/mol. The highest BCUT2D eigenvalue weighted by Gasteiger charge is 2.40. The SMILES string of the molecule is CCC(c1ncc[nH]1)N1C(=O)c2ccccc2C1=O. The van der Waals surface area contributed by atoms with E-state index >= 15 is 0 Å². The number of aromatic amines is 1. The van der Waals surface area contributed by atoms with E-state index in [1.807, 2.05) is 6.92 Å². The molecule has 0 radical (unpaired) electrons. The van der Waals surface area contributed by atoms with Crippen molar-refractivity contribution >= 4 is 11.8 Å². The number of nitrogens with one attached hydrogen (secondary N) is 1. The molecule has 1 aliphatic heterocycles. The van der Waals surface area contributed by atoms with Crippen LogP contribution in [0.2, 0.25) is 0 Å². The molecule has 0 saturated carbocycles. The van der Waals surface area contributed by atoms with E-state index in [-0.39, 0.29) is 17.9 Å². The van der Waals surface area contributed by atoms with E-state index in [1.54, 1.807) is 36.7 Å². The number of amides is 2. The van der Waals surface area contributed by atoms with Gasteiger partial charge in [-0.3, -0.25) is 14.5 Å². The minimum atomic E-state index is -0.345. The molecule has 0 fully saturated rings. The van der Waals surface area contributed by atoms with E-state index in [0.717, 1.165) is 0 Å². The maximum atomic E-state index is 12.4. The highest BCUT2D eigenvalue weighted by molar-refractivity contribution is 6.21. The number of fused-ring (bicyclic) bond motifs is 1. The topological polar surface area (TPSA) is 66.1 Å². The van der Waals surface area contributed by atoms with E-state index in [9.17, 15) is 9.59 Å². The molecule has 96 valence electrons. The van der Waals surface area contributed by atoms with Crippen molar-refractivity contribution in [2.75, 3.05) is 0 Å². The molecule has 2 aromatic rings. The molecule has 19 heavy (non-hydrogen) atoms. The molecule has 1 atom stereocenters. The van der Waals surface area contributed by atoms with Gasteiger partial charge in [-0.2, -0.15) is 0 Å². The number of hydrogen-bond acceptors (Lipinski definition) is 3. The average molecular weight is 255 g/mol. The zero-order valence-electron chi connectivity index (χ0n) is 10.5. The van der Waals surface area contributed by atoms with Crippen molar-refractivity contribution in [1.29, 1.82) is 0 Å². The molecular formula is C14H13N3O2. The van der Waals surface area contributed by atoms with Crippen molar-refractivity contribution in [1.82, 2.24) is 14.9 Å².